The van der Waals surface area contributed by atoms with Gasteiger partial charge in [-0.05, 0) is 12.8 Å². The molecule has 2 fully saturated rings. The van der Waals surface area contributed by atoms with Gasteiger partial charge < -0.3 is 18.9 Å². The molecule has 2 aliphatic rings. The average Bonchev–Trinajstić information content (AvgIpc) is 3.53. The molecule has 2 unspecified atom stereocenters. The Labute approximate surface area is 156 Å². The molecule has 2 aliphatic heterocycles. The lowest BCUT2D eigenvalue weighted by Gasteiger charge is -2.04. The van der Waals surface area contributed by atoms with Gasteiger partial charge in [0.25, 0.3) is 0 Å². The molecule has 0 saturated carbocycles. The topological polar surface area (TPSA) is 77.7 Å². The zero-order valence-electron chi connectivity index (χ0n) is 15.9. The van der Waals surface area contributed by atoms with E-state index in [1.165, 1.54) is 38.5 Å². The number of esters is 2. The van der Waals surface area contributed by atoms with E-state index in [1.807, 2.05) is 0 Å². The second-order valence-corrected chi connectivity index (χ2v) is 7.31. The first kappa shape index (κ1) is 21.2. The molecule has 0 N–H and O–H groups in total. The molecule has 150 valence electrons. The fourth-order valence-corrected chi connectivity index (χ4v) is 2.80. The first-order valence-corrected chi connectivity index (χ1v) is 10.3. The number of carbonyl (C=O) groups is 2. The smallest absolute Gasteiger partial charge is 0.305 e. The van der Waals surface area contributed by atoms with Crippen molar-refractivity contribution < 1.29 is 28.5 Å². The minimum atomic E-state index is -0.0924. The molecule has 0 aromatic heterocycles. The maximum Gasteiger partial charge on any atom is 0.305 e. The number of carbonyl (C=O) groups excluding carboxylic acids is 2. The van der Waals surface area contributed by atoms with Crippen molar-refractivity contribution in [3.63, 3.8) is 0 Å². The Bertz CT molecular complexity index is 365. The largest absolute Gasteiger partial charge is 0.463 e. The van der Waals surface area contributed by atoms with Crippen molar-refractivity contribution in [1.29, 1.82) is 0 Å². The number of ether oxygens (including phenoxy) is 4. The van der Waals surface area contributed by atoms with Gasteiger partial charge in [0.1, 0.15) is 25.4 Å². The van der Waals surface area contributed by atoms with Gasteiger partial charge in [0.15, 0.2) is 0 Å². The zero-order valence-corrected chi connectivity index (χ0v) is 15.9. The van der Waals surface area contributed by atoms with Crippen LogP contribution in [0.15, 0.2) is 0 Å². The molecule has 2 heterocycles. The molecule has 0 aromatic carbocycles. The first-order chi connectivity index (χ1) is 12.7. The Balaban J connectivity index is 1.23. The minimum absolute atomic E-state index is 0.0924. The summed E-state index contributed by atoms with van der Waals surface area (Å²) in [6.45, 7) is 2.32. The van der Waals surface area contributed by atoms with Crippen LogP contribution in [0.3, 0.4) is 0 Å². The predicted octanol–water partition coefficient (Wildman–Crippen LogP) is 3.55. The standard InChI is InChI=1S/C20H34O6/c21-19(25-15-17-13-23-17)11-9-7-5-3-1-2-4-6-8-10-12-20(22)26-16-18-14-24-18/h17-18H,1-16H2. The Kier molecular flexibility index (Phi) is 10.7. The highest BCUT2D eigenvalue weighted by Crippen LogP contribution is 2.14. The third kappa shape index (κ3) is 12.3. The van der Waals surface area contributed by atoms with Crippen molar-refractivity contribution in [1.82, 2.24) is 0 Å². The summed E-state index contributed by atoms with van der Waals surface area (Å²) in [6, 6.07) is 0. The monoisotopic (exact) mass is 370 g/mol. The molecule has 0 amide bonds. The lowest BCUT2D eigenvalue weighted by atomic mass is 10.1. The third-order valence-electron chi connectivity index (χ3n) is 4.68. The number of epoxide rings is 2. The first-order valence-electron chi connectivity index (χ1n) is 10.3. The van der Waals surface area contributed by atoms with E-state index in [4.69, 9.17) is 18.9 Å². The van der Waals surface area contributed by atoms with E-state index in [2.05, 4.69) is 0 Å². The normalized spacial score (nSPS) is 20.6. The lowest BCUT2D eigenvalue weighted by Crippen LogP contribution is -2.09. The van der Waals surface area contributed by atoms with Gasteiger partial charge in [-0.15, -0.1) is 0 Å². The van der Waals surface area contributed by atoms with Gasteiger partial charge >= 0.3 is 11.9 Å². The molecule has 6 heteroatoms. The van der Waals surface area contributed by atoms with E-state index >= 15 is 0 Å². The van der Waals surface area contributed by atoms with E-state index in [0.29, 0.717) is 26.1 Å². The molecule has 6 nitrogen and oxygen atoms in total. The summed E-state index contributed by atoms with van der Waals surface area (Å²) >= 11 is 0. The zero-order chi connectivity index (χ0) is 18.5. The summed E-state index contributed by atoms with van der Waals surface area (Å²) in [6.07, 6.45) is 12.8. The van der Waals surface area contributed by atoms with Crippen molar-refractivity contribution in [3.8, 4) is 0 Å². The Morgan fingerprint density at radius 3 is 1.23 bits per heavy atom. The van der Waals surface area contributed by atoms with Crippen LogP contribution < -0.4 is 0 Å². The van der Waals surface area contributed by atoms with E-state index in [9.17, 15) is 9.59 Å². The third-order valence-corrected chi connectivity index (χ3v) is 4.68. The van der Waals surface area contributed by atoms with Crippen LogP contribution >= 0.6 is 0 Å². The van der Waals surface area contributed by atoms with Crippen LogP contribution in [-0.2, 0) is 28.5 Å². The fourth-order valence-electron chi connectivity index (χ4n) is 2.80. The van der Waals surface area contributed by atoms with Gasteiger partial charge in [-0.25, -0.2) is 0 Å². The second kappa shape index (κ2) is 13.1. The SMILES string of the molecule is O=C(CCCCCCCCCCCCC(=O)OCC1CO1)OCC1CO1. The molecule has 0 aliphatic carbocycles. The molecule has 2 rings (SSSR count). The summed E-state index contributed by atoms with van der Waals surface area (Å²) < 4.78 is 20.2. The van der Waals surface area contributed by atoms with Crippen LogP contribution in [0.2, 0.25) is 0 Å². The molecule has 2 saturated heterocycles. The minimum Gasteiger partial charge on any atom is -0.463 e. The van der Waals surface area contributed by atoms with E-state index in [-0.39, 0.29) is 24.1 Å². The average molecular weight is 370 g/mol. The number of unbranched alkanes of at least 4 members (excludes halogenated alkanes) is 9. The van der Waals surface area contributed by atoms with Crippen molar-refractivity contribution in [2.45, 2.75) is 89.3 Å². The lowest BCUT2D eigenvalue weighted by molar-refractivity contribution is -0.145. The van der Waals surface area contributed by atoms with E-state index in [0.717, 1.165) is 38.9 Å². The van der Waals surface area contributed by atoms with Crippen molar-refractivity contribution in [3.05, 3.63) is 0 Å². The summed E-state index contributed by atoms with van der Waals surface area (Å²) in [5, 5.41) is 0. The van der Waals surface area contributed by atoms with Crippen LogP contribution in [0.1, 0.15) is 77.0 Å². The van der Waals surface area contributed by atoms with E-state index in [1.54, 1.807) is 0 Å². The van der Waals surface area contributed by atoms with Gasteiger partial charge in [-0.3, -0.25) is 9.59 Å². The molecule has 26 heavy (non-hydrogen) atoms. The number of rotatable bonds is 17. The number of hydrogen-bond acceptors (Lipinski definition) is 6. The maximum absolute atomic E-state index is 11.4. The van der Waals surface area contributed by atoms with Gasteiger partial charge in [-0.1, -0.05) is 51.4 Å². The summed E-state index contributed by atoms with van der Waals surface area (Å²) in [5.41, 5.74) is 0. The summed E-state index contributed by atoms with van der Waals surface area (Å²) in [5.74, 6) is -0.185. The van der Waals surface area contributed by atoms with Gasteiger partial charge in [0, 0.05) is 12.8 Å². The van der Waals surface area contributed by atoms with Gasteiger partial charge in [-0.2, -0.15) is 0 Å². The number of hydrogen-bond donors (Lipinski definition) is 0. The summed E-state index contributed by atoms with van der Waals surface area (Å²) in [7, 11) is 0. The van der Waals surface area contributed by atoms with Crippen LogP contribution in [0.4, 0.5) is 0 Å². The molecule has 0 aromatic rings. The quantitative estimate of drug-likeness (QED) is 0.221. The highest BCUT2D eigenvalue weighted by molar-refractivity contribution is 5.69. The molecule has 2 atom stereocenters. The molecule has 0 bridgehead atoms. The van der Waals surface area contributed by atoms with Crippen LogP contribution in [0.25, 0.3) is 0 Å². The van der Waals surface area contributed by atoms with Crippen molar-refractivity contribution >= 4 is 11.9 Å². The Morgan fingerprint density at radius 2 is 0.923 bits per heavy atom. The van der Waals surface area contributed by atoms with Gasteiger partial charge in [0.2, 0.25) is 0 Å². The van der Waals surface area contributed by atoms with Gasteiger partial charge in [0.05, 0.1) is 13.2 Å². The van der Waals surface area contributed by atoms with Crippen molar-refractivity contribution in [2.24, 2.45) is 0 Å². The van der Waals surface area contributed by atoms with Crippen molar-refractivity contribution in [2.75, 3.05) is 26.4 Å². The van der Waals surface area contributed by atoms with E-state index < -0.39 is 0 Å². The Hall–Kier alpha value is -1.14. The Morgan fingerprint density at radius 1 is 0.615 bits per heavy atom. The fraction of sp³-hybridized carbons (Fsp3) is 0.900. The van der Waals surface area contributed by atoms with Crippen LogP contribution in [0.5, 0.6) is 0 Å². The maximum atomic E-state index is 11.4. The molecule has 0 spiro atoms. The summed E-state index contributed by atoms with van der Waals surface area (Å²) in [4.78, 5) is 22.9. The molecular formula is C20H34O6. The van der Waals surface area contributed by atoms with Crippen LogP contribution in [-0.4, -0.2) is 50.6 Å². The highest BCUT2D eigenvalue weighted by Gasteiger charge is 2.24. The second-order valence-electron chi connectivity index (χ2n) is 7.31. The molecule has 0 radical (unpaired) electrons. The predicted molar refractivity (Wildman–Crippen MR) is 96.8 cm³/mol. The molecular weight excluding hydrogens is 336 g/mol. The van der Waals surface area contributed by atoms with Crippen LogP contribution in [0, 0.1) is 0 Å². The highest BCUT2D eigenvalue weighted by atomic mass is 16.6.